The molecule has 1 fully saturated rings. The van der Waals surface area contributed by atoms with Crippen LogP contribution in [0.25, 0.3) is 0 Å². The van der Waals surface area contributed by atoms with Crippen molar-refractivity contribution in [1.29, 1.82) is 0 Å². The minimum Gasteiger partial charge on any atom is -0.468 e. The van der Waals surface area contributed by atoms with Gasteiger partial charge in [0.15, 0.2) is 0 Å². The molecule has 1 aliphatic rings. The van der Waals surface area contributed by atoms with Crippen molar-refractivity contribution in [2.75, 3.05) is 12.8 Å². The van der Waals surface area contributed by atoms with Crippen molar-refractivity contribution in [1.82, 2.24) is 0 Å². The third-order valence-electron chi connectivity index (χ3n) is 3.43. The standard InChI is InChI=1S/C13H17NO2/c1-9-7-13(8-9,12(15)16-2)10-3-5-11(14)6-4-10/h3-6,9H,7-8,14H2,1-2H3. The van der Waals surface area contributed by atoms with E-state index in [1.807, 2.05) is 24.3 Å². The number of nitrogen functional groups attached to an aromatic ring is 1. The van der Waals surface area contributed by atoms with Crippen LogP contribution in [0.15, 0.2) is 24.3 Å². The predicted octanol–water partition coefficient (Wildman–Crippen LogP) is 2.11. The Bertz CT molecular complexity index is 391. The highest BCUT2D eigenvalue weighted by molar-refractivity contribution is 5.84. The highest BCUT2D eigenvalue weighted by Gasteiger charge is 2.50. The van der Waals surface area contributed by atoms with Gasteiger partial charge in [-0.25, -0.2) is 0 Å². The van der Waals surface area contributed by atoms with Crippen molar-refractivity contribution in [3.63, 3.8) is 0 Å². The molecule has 0 radical (unpaired) electrons. The normalized spacial score (nSPS) is 28.2. The van der Waals surface area contributed by atoms with E-state index in [4.69, 9.17) is 10.5 Å². The number of esters is 1. The van der Waals surface area contributed by atoms with Crippen LogP contribution in [0.2, 0.25) is 0 Å². The Morgan fingerprint density at radius 2 is 1.94 bits per heavy atom. The number of carbonyl (C=O) groups excluding carboxylic acids is 1. The molecule has 16 heavy (non-hydrogen) atoms. The summed E-state index contributed by atoms with van der Waals surface area (Å²) in [5.74, 6) is 0.451. The lowest BCUT2D eigenvalue weighted by Gasteiger charge is -2.44. The van der Waals surface area contributed by atoms with E-state index >= 15 is 0 Å². The molecule has 1 aromatic rings. The van der Waals surface area contributed by atoms with Gasteiger partial charge in [0.1, 0.15) is 0 Å². The van der Waals surface area contributed by atoms with Crippen LogP contribution < -0.4 is 5.73 Å². The van der Waals surface area contributed by atoms with Crippen molar-refractivity contribution in [3.05, 3.63) is 29.8 Å². The Labute approximate surface area is 95.6 Å². The van der Waals surface area contributed by atoms with E-state index < -0.39 is 5.41 Å². The summed E-state index contributed by atoms with van der Waals surface area (Å²) in [6.07, 6.45) is 1.73. The predicted molar refractivity (Wildman–Crippen MR) is 62.9 cm³/mol. The molecule has 0 heterocycles. The van der Waals surface area contributed by atoms with Crippen LogP contribution in [-0.2, 0) is 14.9 Å². The van der Waals surface area contributed by atoms with E-state index in [9.17, 15) is 4.79 Å². The molecule has 0 atom stereocenters. The Kier molecular flexibility index (Phi) is 2.62. The van der Waals surface area contributed by atoms with Crippen LogP contribution in [0.5, 0.6) is 0 Å². The lowest BCUT2D eigenvalue weighted by Crippen LogP contribution is -2.47. The van der Waals surface area contributed by atoms with E-state index in [-0.39, 0.29) is 5.97 Å². The molecule has 3 heteroatoms. The zero-order valence-electron chi connectivity index (χ0n) is 9.69. The SMILES string of the molecule is COC(=O)C1(c2ccc(N)cc2)CC(C)C1. The lowest BCUT2D eigenvalue weighted by atomic mass is 9.59. The van der Waals surface area contributed by atoms with Gasteiger partial charge in [0.05, 0.1) is 12.5 Å². The molecule has 1 saturated carbocycles. The first kappa shape index (κ1) is 11.0. The first-order chi connectivity index (χ1) is 7.58. The van der Waals surface area contributed by atoms with Crippen molar-refractivity contribution >= 4 is 11.7 Å². The Balaban J connectivity index is 2.34. The highest BCUT2D eigenvalue weighted by atomic mass is 16.5. The number of ether oxygens (including phenoxy) is 1. The summed E-state index contributed by atoms with van der Waals surface area (Å²) in [7, 11) is 1.45. The second kappa shape index (κ2) is 3.81. The van der Waals surface area contributed by atoms with E-state index in [1.54, 1.807) is 0 Å². The summed E-state index contributed by atoms with van der Waals surface area (Å²) in [6.45, 7) is 2.15. The maximum Gasteiger partial charge on any atom is 0.316 e. The van der Waals surface area contributed by atoms with Gasteiger partial charge in [-0.15, -0.1) is 0 Å². The smallest absolute Gasteiger partial charge is 0.316 e. The lowest BCUT2D eigenvalue weighted by molar-refractivity contribution is -0.153. The summed E-state index contributed by atoms with van der Waals surface area (Å²) in [5.41, 5.74) is 6.96. The summed E-state index contributed by atoms with van der Waals surface area (Å²) < 4.78 is 4.92. The second-order valence-corrected chi connectivity index (χ2v) is 4.71. The monoisotopic (exact) mass is 219 g/mol. The summed E-state index contributed by atoms with van der Waals surface area (Å²) >= 11 is 0. The minimum atomic E-state index is -0.429. The number of anilines is 1. The zero-order chi connectivity index (χ0) is 11.8. The van der Waals surface area contributed by atoms with Gasteiger partial charge in [0.25, 0.3) is 0 Å². The molecule has 0 bridgehead atoms. The average Bonchev–Trinajstić information content (AvgIpc) is 2.25. The van der Waals surface area contributed by atoms with Gasteiger partial charge >= 0.3 is 5.97 Å². The van der Waals surface area contributed by atoms with Crippen LogP contribution in [-0.4, -0.2) is 13.1 Å². The molecular formula is C13H17NO2. The van der Waals surface area contributed by atoms with Gasteiger partial charge < -0.3 is 10.5 Å². The van der Waals surface area contributed by atoms with Crippen molar-refractivity contribution in [3.8, 4) is 0 Å². The Morgan fingerprint density at radius 1 is 1.38 bits per heavy atom. The van der Waals surface area contributed by atoms with Gasteiger partial charge in [-0.1, -0.05) is 19.1 Å². The fourth-order valence-electron chi connectivity index (χ4n) is 2.65. The molecule has 0 unspecified atom stereocenters. The quantitative estimate of drug-likeness (QED) is 0.612. The number of hydrogen-bond acceptors (Lipinski definition) is 3. The third kappa shape index (κ3) is 1.56. The molecule has 3 nitrogen and oxygen atoms in total. The van der Waals surface area contributed by atoms with E-state index in [1.165, 1.54) is 7.11 Å². The van der Waals surface area contributed by atoms with Crippen LogP contribution in [0.1, 0.15) is 25.3 Å². The molecular weight excluding hydrogens is 202 g/mol. The average molecular weight is 219 g/mol. The molecule has 2 N–H and O–H groups in total. The highest BCUT2D eigenvalue weighted by Crippen LogP contribution is 2.48. The molecule has 0 aromatic heterocycles. The van der Waals surface area contributed by atoms with Crippen LogP contribution in [0.4, 0.5) is 5.69 Å². The molecule has 0 aliphatic heterocycles. The fraction of sp³-hybridized carbons (Fsp3) is 0.462. The summed E-state index contributed by atoms with van der Waals surface area (Å²) in [4.78, 5) is 11.9. The third-order valence-corrected chi connectivity index (χ3v) is 3.43. The number of nitrogens with two attached hydrogens (primary N) is 1. The van der Waals surface area contributed by atoms with Gasteiger partial charge in [-0.05, 0) is 36.5 Å². The number of benzene rings is 1. The van der Waals surface area contributed by atoms with Gasteiger partial charge in [0.2, 0.25) is 0 Å². The Morgan fingerprint density at radius 3 is 2.38 bits per heavy atom. The zero-order valence-corrected chi connectivity index (χ0v) is 9.69. The van der Waals surface area contributed by atoms with E-state index in [0.717, 1.165) is 24.1 Å². The van der Waals surface area contributed by atoms with Crippen LogP contribution in [0.3, 0.4) is 0 Å². The first-order valence-corrected chi connectivity index (χ1v) is 5.53. The first-order valence-electron chi connectivity index (χ1n) is 5.53. The number of hydrogen-bond donors (Lipinski definition) is 1. The summed E-state index contributed by atoms with van der Waals surface area (Å²) in [5, 5.41) is 0. The van der Waals surface area contributed by atoms with E-state index in [2.05, 4.69) is 6.92 Å². The van der Waals surface area contributed by atoms with E-state index in [0.29, 0.717) is 5.92 Å². The molecule has 0 saturated heterocycles. The molecule has 0 amide bonds. The Hall–Kier alpha value is -1.51. The van der Waals surface area contributed by atoms with Gasteiger partial charge in [-0.3, -0.25) is 4.79 Å². The molecule has 0 spiro atoms. The minimum absolute atomic E-state index is 0.129. The van der Waals surface area contributed by atoms with Gasteiger partial charge in [0, 0.05) is 5.69 Å². The molecule has 1 aliphatic carbocycles. The number of methoxy groups -OCH3 is 1. The molecule has 2 rings (SSSR count). The van der Waals surface area contributed by atoms with Crippen LogP contribution in [0, 0.1) is 5.92 Å². The fourth-order valence-corrected chi connectivity index (χ4v) is 2.65. The maximum atomic E-state index is 11.9. The topological polar surface area (TPSA) is 52.3 Å². The van der Waals surface area contributed by atoms with Crippen molar-refractivity contribution < 1.29 is 9.53 Å². The number of rotatable bonds is 2. The van der Waals surface area contributed by atoms with Gasteiger partial charge in [-0.2, -0.15) is 0 Å². The van der Waals surface area contributed by atoms with Crippen molar-refractivity contribution in [2.45, 2.75) is 25.2 Å². The largest absolute Gasteiger partial charge is 0.468 e. The van der Waals surface area contributed by atoms with Crippen molar-refractivity contribution in [2.24, 2.45) is 5.92 Å². The summed E-state index contributed by atoms with van der Waals surface area (Å²) in [6, 6.07) is 7.53. The maximum absolute atomic E-state index is 11.9. The molecule has 86 valence electrons. The van der Waals surface area contributed by atoms with Crippen LogP contribution >= 0.6 is 0 Å². The second-order valence-electron chi connectivity index (χ2n) is 4.71. The number of carbonyl (C=O) groups is 1. The molecule has 1 aromatic carbocycles.